The number of sulfonamides is 1. The third-order valence-corrected chi connectivity index (χ3v) is 5.12. The van der Waals surface area contributed by atoms with Gasteiger partial charge >= 0.3 is 0 Å². The maximum atomic E-state index is 12.3. The maximum Gasteiger partial charge on any atom is 0.255 e. The van der Waals surface area contributed by atoms with Crippen molar-refractivity contribution in [3.05, 3.63) is 95.0 Å². The van der Waals surface area contributed by atoms with Gasteiger partial charge in [0.15, 0.2) is 0 Å². The van der Waals surface area contributed by atoms with Crippen LogP contribution in [0.5, 0.6) is 5.88 Å². The van der Waals surface area contributed by atoms with E-state index < -0.39 is 10.0 Å². The summed E-state index contributed by atoms with van der Waals surface area (Å²) in [5, 5.41) is 3.89. The van der Waals surface area contributed by atoms with Crippen molar-refractivity contribution >= 4 is 27.7 Å². The van der Waals surface area contributed by atoms with Crippen molar-refractivity contribution in [3.63, 3.8) is 0 Å². The molecule has 1 amide bonds. The highest BCUT2D eigenvalue weighted by molar-refractivity contribution is 7.95. The molecule has 0 unspecified atom stereocenters. The second-order valence-electron chi connectivity index (χ2n) is 6.33. The number of carbonyl (C=O) groups is 1. The van der Waals surface area contributed by atoms with Crippen LogP contribution in [-0.2, 0) is 16.6 Å². The summed E-state index contributed by atoms with van der Waals surface area (Å²) in [5.41, 5.74) is 2.39. The lowest BCUT2D eigenvalue weighted by Crippen LogP contribution is -2.22. The minimum Gasteiger partial charge on any atom is -0.481 e. The summed E-state index contributed by atoms with van der Waals surface area (Å²) in [6.45, 7) is 0.314. The summed E-state index contributed by atoms with van der Waals surface area (Å²) >= 11 is 0. The van der Waals surface area contributed by atoms with Crippen molar-refractivity contribution in [2.75, 3.05) is 11.8 Å². The second-order valence-corrected chi connectivity index (χ2v) is 7.90. The average molecular weight is 423 g/mol. The number of anilines is 1. The molecular weight excluding hydrogens is 402 g/mol. The molecule has 2 N–H and O–H groups in total. The van der Waals surface area contributed by atoms with Gasteiger partial charge in [-0.25, -0.2) is 13.4 Å². The minimum absolute atomic E-state index is 0.274. The Morgan fingerprint density at radius 2 is 1.77 bits per heavy atom. The van der Waals surface area contributed by atoms with Crippen LogP contribution in [-0.4, -0.2) is 26.4 Å². The zero-order valence-corrected chi connectivity index (χ0v) is 17.1. The monoisotopic (exact) mass is 423 g/mol. The molecule has 8 heteroatoms. The van der Waals surface area contributed by atoms with E-state index in [0.717, 1.165) is 16.5 Å². The number of pyridine rings is 1. The second kappa shape index (κ2) is 9.71. The highest BCUT2D eigenvalue weighted by atomic mass is 32.2. The molecule has 0 saturated heterocycles. The van der Waals surface area contributed by atoms with E-state index in [1.807, 2.05) is 24.3 Å². The van der Waals surface area contributed by atoms with E-state index in [9.17, 15) is 13.2 Å². The fourth-order valence-electron chi connectivity index (χ4n) is 2.54. The van der Waals surface area contributed by atoms with Gasteiger partial charge in [0.1, 0.15) is 0 Å². The van der Waals surface area contributed by atoms with Crippen molar-refractivity contribution in [1.29, 1.82) is 0 Å². The molecular formula is C22H21N3O4S. The Morgan fingerprint density at radius 1 is 1.03 bits per heavy atom. The van der Waals surface area contributed by atoms with E-state index in [0.29, 0.717) is 23.7 Å². The zero-order chi connectivity index (χ0) is 21.4. The number of benzene rings is 2. The summed E-state index contributed by atoms with van der Waals surface area (Å²) in [5.74, 6) is 0.228. The van der Waals surface area contributed by atoms with Gasteiger partial charge in [0.05, 0.1) is 12.5 Å². The highest BCUT2D eigenvalue weighted by Gasteiger charge is 2.09. The number of methoxy groups -OCH3 is 1. The summed E-state index contributed by atoms with van der Waals surface area (Å²) in [6.07, 6.45) is 3.14. The number of hydrogen-bond donors (Lipinski definition) is 2. The van der Waals surface area contributed by atoms with Crippen molar-refractivity contribution in [2.24, 2.45) is 0 Å². The number of aromatic nitrogens is 1. The lowest BCUT2D eigenvalue weighted by molar-refractivity contribution is 0.0951. The van der Waals surface area contributed by atoms with E-state index in [2.05, 4.69) is 15.0 Å². The lowest BCUT2D eigenvalue weighted by atomic mass is 10.2. The first kappa shape index (κ1) is 21.1. The molecule has 0 atom stereocenters. The number of hydrogen-bond acceptors (Lipinski definition) is 5. The van der Waals surface area contributed by atoms with Gasteiger partial charge in [0.2, 0.25) is 5.88 Å². The van der Waals surface area contributed by atoms with Crippen molar-refractivity contribution in [1.82, 2.24) is 10.3 Å². The normalized spacial score (nSPS) is 11.2. The average Bonchev–Trinajstić information content (AvgIpc) is 2.77. The van der Waals surface area contributed by atoms with Crippen LogP contribution in [0.4, 0.5) is 5.69 Å². The first-order valence-electron chi connectivity index (χ1n) is 9.08. The highest BCUT2D eigenvalue weighted by Crippen LogP contribution is 2.13. The lowest BCUT2D eigenvalue weighted by Gasteiger charge is -2.08. The van der Waals surface area contributed by atoms with Crippen LogP contribution in [0.15, 0.2) is 78.3 Å². The molecule has 0 saturated carbocycles. The summed E-state index contributed by atoms with van der Waals surface area (Å²) in [7, 11) is -2.13. The molecule has 3 rings (SSSR count). The van der Waals surface area contributed by atoms with Gasteiger partial charge in [-0.3, -0.25) is 9.52 Å². The maximum absolute atomic E-state index is 12.3. The topological polar surface area (TPSA) is 97.4 Å². The largest absolute Gasteiger partial charge is 0.481 e. The number of nitrogens with zero attached hydrogens (tertiary/aromatic N) is 1. The molecule has 7 nitrogen and oxygen atoms in total. The van der Waals surface area contributed by atoms with E-state index in [1.165, 1.54) is 25.3 Å². The fraction of sp³-hybridized carbons (Fsp3) is 0.0909. The van der Waals surface area contributed by atoms with Gasteiger partial charge in [-0.2, -0.15) is 0 Å². The van der Waals surface area contributed by atoms with Crippen LogP contribution in [0.1, 0.15) is 21.5 Å². The third kappa shape index (κ3) is 6.18. The molecule has 0 aliphatic carbocycles. The van der Waals surface area contributed by atoms with E-state index >= 15 is 0 Å². The first-order valence-corrected chi connectivity index (χ1v) is 10.6. The Bertz CT molecular complexity index is 1110. The van der Waals surface area contributed by atoms with Gasteiger partial charge in [0, 0.05) is 30.1 Å². The Kier molecular flexibility index (Phi) is 6.82. The SMILES string of the molecule is COc1ccc(CNC(=O)c2ccc(NS(=O)(=O)/C=C/c3ccccc3)cc2)cn1. The number of ether oxygens (including phenoxy) is 1. The molecule has 0 spiro atoms. The van der Waals surface area contributed by atoms with Crippen molar-refractivity contribution < 1.29 is 17.9 Å². The molecule has 30 heavy (non-hydrogen) atoms. The Balaban J connectivity index is 1.57. The van der Waals surface area contributed by atoms with Gasteiger partial charge in [-0.15, -0.1) is 0 Å². The van der Waals surface area contributed by atoms with Crippen LogP contribution >= 0.6 is 0 Å². The van der Waals surface area contributed by atoms with Crippen LogP contribution in [0, 0.1) is 0 Å². The number of amides is 1. The molecule has 0 bridgehead atoms. The van der Waals surface area contributed by atoms with Crippen LogP contribution in [0.3, 0.4) is 0 Å². The van der Waals surface area contributed by atoms with E-state index in [4.69, 9.17) is 4.74 Å². The molecule has 3 aromatic rings. The van der Waals surface area contributed by atoms with E-state index in [-0.39, 0.29) is 5.91 Å². The van der Waals surface area contributed by atoms with Crippen LogP contribution in [0.2, 0.25) is 0 Å². The van der Waals surface area contributed by atoms with Crippen LogP contribution in [0.25, 0.3) is 6.08 Å². The summed E-state index contributed by atoms with van der Waals surface area (Å²) in [6, 6.07) is 18.8. The molecule has 0 radical (unpaired) electrons. The number of rotatable bonds is 8. The minimum atomic E-state index is -3.67. The molecule has 1 heterocycles. The number of nitrogens with one attached hydrogen (secondary N) is 2. The van der Waals surface area contributed by atoms with Crippen molar-refractivity contribution in [2.45, 2.75) is 6.54 Å². The Labute approximate surface area is 175 Å². The predicted octanol–water partition coefficient (Wildman–Crippen LogP) is 3.43. The van der Waals surface area contributed by atoms with Gasteiger partial charge in [0.25, 0.3) is 15.9 Å². The Hall–Kier alpha value is -3.65. The summed E-state index contributed by atoms with van der Waals surface area (Å²) in [4.78, 5) is 16.4. The molecule has 1 aromatic heterocycles. The first-order chi connectivity index (χ1) is 14.4. The van der Waals surface area contributed by atoms with Crippen molar-refractivity contribution in [3.8, 4) is 5.88 Å². The zero-order valence-electron chi connectivity index (χ0n) is 16.3. The molecule has 154 valence electrons. The predicted molar refractivity (Wildman–Crippen MR) is 116 cm³/mol. The van der Waals surface area contributed by atoms with Gasteiger partial charge in [-0.1, -0.05) is 36.4 Å². The van der Waals surface area contributed by atoms with Crippen LogP contribution < -0.4 is 14.8 Å². The smallest absolute Gasteiger partial charge is 0.255 e. The quantitative estimate of drug-likeness (QED) is 0.579. The standard InChI is InChI=1S/C22H21N3O4S/c1-29-21-12-7-18(15-23-21)16-24-22(26)19-8-10-20(11-9-19)25-30(27,28)14-13-17-5-3-2-4-6-17/h2-15,25H,16H2,1H3,(H,24,26)/b14-13+. The van der Waals surface area contributed by atoms with Gasteiger partial charge < -0.3 is 10.1 Å². The van der Waals surface area contributed by atoms with E-state index in [1.54, 1.807) is 36.5 Å². The fourth-order valence-corrected chi connectivity index (χ4v) is 3.41. The number of carbonyl (C=O) groups excluding carboxylic acids is 1. The Morgan fingerprint density at radius 3 is 2.40 bits per heavy atom. The summed E-state index contributed by atoms with van der Waals surface area (Å²) < 4.78 is 31.9. The molecule has 0 aliphatic heterocycles. The molecule has 0 aliphatic rings. The third-order valence-electron chi connectivity index (χ3n) is 4.11. The molecule has 2 aromatic carbocycles. The van der Waals surface area contributed by atoms with Gasteiger partial charge in [-0.05, 0) is 41.5 Å². The molecule has 0 fully saturated rings.